The van der Waals surface area contributed by atoms with Crippen molar-refractivity contribution in [2.45, 2.75) is 26.8 Å². The second-order valence-electron chi connectivity index (χ2n) is 6.72. The molecule has 0 bridgehead atoms. The molecular weight excluding hydrogens is 350 g/mol. The van der Waals surface area contributed by atoms with Gasteiger partial charge in [-0.25, -0.2) is 8.42 Å². The Bertz CT molecular complexity index is 815. The van der Waals surface area contributed by atoms with Crippen LogP contribution in [-0.2, 0) is 14.6 Å². The topological polar surface area (TPSA) is 72.5 Å². The summed E-state index contributed by atoms with van der Waals surface area (Å²) in [6, 6.07) is 16.5. The molecule has 0 saturated heterocycles. The lowest BCUT2D eigenvalue weighted by molar-refractivity contribution is -0.119. The van der Waals surface area contributed by atoms with E-state index >= 15 is 0 Å². The van der Waals surface area contributed by atoms with Gasteiger partial charge in [0.15, 0.2) is 9.84 Å². The molecule has 6 heteroatoms. The van der Waals surface area contributed by atoms with Crippen molar-refractivity contribution in [3.8, 4) is 11.5 Å². The molecule has 0 aliphatic carbocycles. The van der Waals surface area contributed by atoms with Crippen molar-refractivity contribution in [2.24, 2.45) is 5.92 Å². The largest absolute Gasteiger partial charge is 0.457 e. The fourth-order valence-electron chi connectivity index (χ4n) is 2.58. The highest BCUT2D eigenvalue weighted by atomic mass is 32.2. The van der Waals surface area contributed by atoms with Gasteiger partial charge in [-0.1, -0.05) is 44.2 Å². The van der Waals surface area contributed by atoms with Gasteiger partial charge >= 0.3 is 0 Å². The Morgan fingerprint density at radius 1 is 0.962 bits per heavy atom. The lowest BCUT2D eigenvalue weighted by atomic mass is 10.1. The van der Waals surface area contributed by atoms with Crippen LogP contribution in [0, 0.1) is 5.92 Å². The number of benzene rings is 2. The molecule has 0 aliphatic rings. The fraction of sp³-hybridized carbons (Fsp3) is 0.350. The second kappa shape index (κ2) is 8.85. The smallest absolute Gasteiger partial charge is 0.235 e. The molecule has 0 aliphatic heterocycles. The van der Waals surface area contributed by atoms with Gasteiger partial charge in [0, 0.05) is 0 Å². The number of nitrogens with one attached hydrogen (secondary N) is 1. The van der Waals surface area contributed by atoms with Crippen LogP contribution in [0.4, 0.5) is 0 Å². The van der Waals surface area contributed by atoms with Crippen LogP contribution in [0.25, 0.3) is 0 Å². The minimum atomic E-state index is -3.38. The van der Waals surface area contributed by atoms with Crippen LogP contribution in [0.15, 0.2) is 54.6 Å². The second-order valence-corrected chi connectivity index (χ2v) is 8.83. The molecule has 2 aromatic rings. The third kappa shape index (κ3) is 6.52. The van der Waals surface area contributed by atoms with Gasteiger partial charge in [-0.2, -0.15) is 0 Å². The molecule has 0 radical (unpaired) electrons. The fourth-order valence-corrected chi connectivity index (χ4v) is 4.20. The first kappa shape index (κ1) is 20.0. The van der Waals surface area contributed by atoms with Crippen molar-refractivity contribution in [3.05, 3.63) is 60.2 Å². The van der Waals surface area contributed by atoms with Gasteiger partial charge < -0.3 is 10.1 Å². The van der Waals surface area contributed by atoms with Crippen LogP contribution in [0.1, 0.15) is 32.4 Å². The quantitative estimate of drug-likeness (QED) is 0.763. The average molecular weight is 375 g/mol. The van der Waals surface area contributed by atoms with Crippen LogP contribution in [0.2, 0.25) is 0 Å². The highest BCUT2D eigenvalue weighted by molar-refractivity contribution is 7.92. The summed E-state index contributed by atoms with van der Waals surface area (Å²) >= 11 is 0. The van der Waals surface area contributed by atoms with E-state index in [1.54, 1.807) is 0 Å². The zero-order chi connectivity index (χ0) is 19.2. The summed E-state index contributed by atoms with van der Waals surface area (Å²) in [6.45, 7) is 5.45. The predicted octanol–water partition coefficient (Wildman–Crippen LogP) is 3.73. The summed E-state index contributed by atoms with van der Waals surface area (Å²) < 4.78 is 29.6. The Balaban J connectivity index is 1.93. The summed E-state index contributed by atoms with van der Waals surface area (Å²) in [4.78, 5) is 12.0. The van der Waals surface area contributed by atoms with E-state index in [4.69, 9.17) is 4.74 Å². The number of hydrogen-bond donors (Lipinski definition) is 1. The number of amides is 1. The Hall–Kier alpha value is -2.34. The van der Waals surface area contributed by atoms with Crippen LogP contribution in [0.5, 0.6) is 11.5 Å². The number of sulfone groups is 1. The molecular formula is C20H25NO4S. The van der Waals surface area contributed by atoms with Gasteiger partial charge in [-0.3, -0.25) is 4.79 Å². The third-order valence-electron chi connectivity index (χ3n) is 3.67. The van der Waals surface area contributed by atoms with Crippen molar-refractivity contribution >= 4 is 15.7 Å². The predicted molar refractivity (Wildman–Crippen MR) is 103 cm³/mol. The normalized spacial score (nSPS) is 12.6. The third-order valence-corrected chi connectivity index (χ3v) is 5.55. The first-order valence-electron chi connectivity index (χ1n) is 8.58. The van der Waals surface area contributed by atoms with Crippen molar-refractivity contribution in [1.82, 2.24) is 5.32 Å². The van der Waals surface area contributed by atoms with E-state index in [1.807, 2.05) is 75.4 Å². The van der Waals surface area contributed by atoms with E-state index in [0.717, 1.165) is 11.3 Å². The average Bonchev–Trinajstić information content (AvgIpc) is 2.54. The maximum absolute atomic E-state index is 12.0. The minimum absolute atomic E-state index is 0.00221. The van der Waals surface area contributed by atoms with Crippen molar-refractivity contribution in [3.63, 3.8) is 0 Å². The van der Waals surface area contributed by atoms with E-state index in [-0.39, 0.29) is 17.7 Å². The van der Waals surface area contributed by atoms with Crippen LogP contribution in [0.3, 0.4) is 0 Å². The summed E-state index contributed by atoms with van der Waals surface area (Å²) in [7, 11) is -3.38. The molecule has 5 nitrogen and oxygen atoms in total. The van der Waals surface area contributed by atoms with Gasteiger partial charge in [0.25, 0.3) is 0 Å². The van der Waals surface area contributed by atoms with Gasteiger partial charge in [0.2, 0.25) is 5.91 Å². The molecule has 0 aromatic heterocycles. The van der Waals surface area contributed by atoms with Gasteiger partial charge in [-0.05, 0) is 42.7 Å². The van der Waals surface area contributed by atoms with E-state index in [9.17, 15) is 13.2 Å². The summed E-state index contributed by atoms with van der Waals surface area (Å²) in [5, 5.41) is 2.74. The summed E-state index contributed by atoms with van der Waals surface area (Å²) in [5.74, 6) is 0.491. The zero-order valence-electron chi connectivity index (χ0n) is 15.3. The number of para-hydroxylation sites is 1. The first-order valence-corrected chi connectivity index (χ1v) is 10.4. The molecule has 140 valence electrons. The molecule has 2 rings (SSSR count). The molecule has 0 saturated carbocycles. The number of rotatable bonds is 8. The Labute approximate surface area is 155 Å². The van der Waals surface area contributed by atoms with Crippen molar-refractivity contribution < 1.29 is 17.9 Å². The zero-order valence-corrected chi connectivity index (χ0v) is 16.1. The maximum atomic E-state index is 12.0. The first-order chi connectivity index (χ1) is 12.2. The number of carbonyl (C=O) groups is 1. The lowest BCUT2D eigenvalue weighted by Gasteiger charge is -2.15. The summed E-state index contributed by atoms with van der Waals surface area (Å²) in [5.41, 5.74) is 0.875. The highest BCUT2D eigenvalue weighted by Crippen LogP contribution is 2.23. The number of hydrogen-bond acceptors (Lipinski definition) is 4. The van der Waals surface area contributed by atoms with Gasteiger partial charge in [-0.15, -0.1) is 0 Å². The van der Waals surface area contributed by atoms with Gasteiger partial charge in [0.05, 0.1) is 11.8 Å². The Kier molecular flexibility index (Phi) is 6.80. The monoisotopic (exact) mass is 375 g/mol. The van der Waals surface area contributed by atoms with E-state index in [1.165, 1.54) is 0 Å². The van der Waals surface area contributed by atoms with Crippen LogP contribution < -0.4 is 10.1 Å². The SMILES string of the molecule is CC(C)CS(=O)(=O)CC(=O)NC(C)c1ccc(Oc2ccccc2)cc1. The van der Waals surface area contributed by atoms with E-state index in [0.29, 0.717) is 5.75 Å². The standard InChI is InChI=1S/C20H25NO4S/c1-15(2)13-26(23,24)14-20(22)21-16(3)17-9-11-19(12-10-17)25-18-7-5-4-6-8-18/h4-12,15-16H,13-14H2,1-3H3,(H,21,22). The molecule has 1 atom stereocenters. The van der Waals surface area contributed by atoms with Crippen molar-refractivity contribution in [2.75, 3.05) is 11.5 Å². The Morgan fingerprint density at radius 2 is 1.54 bits per heavy atom. The Morgan fingerprint density at radius 3 is 2.12 bits per heavy atom. The maximum Gasteiger partial charge on any atom is 0.235 e. The molecule has 0 heterocycles. The summed E-state index contributed by atoms with van der Waals surface area (Å²) in [6.07, 6.45) is 0. The molecule has 26 heavy (non-hydrogen) atoms. The lowest BCUT2D eigenvalue weighted by Crippen LogP contribution is -2.33. The minimum Gasteiger partial charge on any atom is -0.457 e. The molecule has 1 unspecified atom stereocenters. The van der Waals surface area contributed by atoms with E-state index in [2.05, 4.69) is 5.32 Å². The highest BCUT2D eigenvalue weighted by Gasteiger charge is 2.19. The number of ether oxygens (including phenoxy) is 1. The molecule has 0 fully saturated rings. The van der Waals surface area contributed by atoms with Crippen LogP contribution >= 0.6 is 0 Å². The van der Waals surface area contributed by atoms with Gasteiger partial charge in [0.1, 0.15) is 17.3 Å². The van der Waals surface area contributed by atoms with Crippen LogP contribution in [-0.4, -0.2) is 25.8 Å². The van der Waals surface area contributed by atoms with E-state index < -0.39 is 21.5 Å². The van der Waals surface area contributed by atoms with Crippen molar-refractivity contribution in [1.29, 1.82) is 0 Å². The molecule has 2 aromatic carbocycles. The number of carbonyl (C=O) groups excluding carboxylic acids is 1. The molecule has 1 amide bonds. The molecule has 1 N–H and O–H groups in total. The molecule has 0 spiro atoms.